The summed E-state index contributed by atoms with van der Waals surface area (Å²) in [6, 6.07) is 1.72. The molecule has 0 atom stereocenters. The van der Waals surface area contributed by atoms with Gasteiger partial charge in [0.2, 0.25) is 0 Å². The first-order valence-electron chi connectivity index (χ1n) is 8.37. The highest BCUT2D eigenvalue weighted by molar-refractivity contribution is 6.01. The van der Waals surface area contributed by atoms with Crippen molar-refractivity contribution in [2.45, 2.75) is 32.6 Å². The molecule has 2 fully saturated rings. The molecule has 0 saturated carbocycles. The number of carbonyl (C=O) groups excluding carboxylic acids is 2. The number of ketones is 1. The lowest BCUT2D eigenvalue weighted by atomic mass is 9.99. The number of nitrogens with one attached hydrogen (secondary N) is 1. The Labute approximate surface area is 131 Å². The normalized spacial score (nSPS) is 20.5. The third kappa shape index (κ3) is 3.40. The van der Waals surface area contributed by atoms with Crippen LogP contribution < -0.4 is 0 Å². The maximum absolute atomic E-state index is 12.4. The molecule has 5 nitrogen and oxygen atoms in total. The molecular formula is C17H25N3O2. The van der Waals surface area contributed by atoms with Crippen LogP contribution in [-0.2, 0) is 0 Å². The summed E-state index contributed by atoms with van der Waals surface area (Å²) in [4.78, 5) is 31.7. The molecule has 2 saturated heterocycles. The summed E-state index contributed by atoms with van der Waals surface area (Å²) >= 11 is 0. The summed E-state index contributed by atoms with van der Waals surface area (Å²) < 4.78 is 0. The first-order valence-corrected chi connectivity index (χ1v) is 8.37. The van der Waals surface area contributed by atoms with E-state index in [-0.39, 0.29) is 11.7 Å². The number of nitrogens with zero attached hydrogens (tertiary/aromatic N) is 2. The van der Waals surface area contributed by atoms with E-state index in [9.17, 15) is 9.59 Å². The van der Waals surface area contributed by atoms with Gasteiger partial charge in [0.05, 0.1) is 6.54 Å². The van der Waals surface area contributed by atoms with Crippen LogP contribution in [-0.4, -0.2) is 59.2 Å². The van der Waals surface area contributed by atoms with E-state index in [1.54, 1.807) is 12.3 Å². The zero-order valence-electron chi connectivity index (χ0n) is 13.3. The summed E-state index contributed by atoms with van der Waals surface area (Å²) in [6.45, 7) is 6.37. The van der Waals surface area contributed by atoms with Gasteiger partial charge in [0.25, 0.3) is 5.91 Å². The van der Waals surface area contributed by atoms with Crippen LogP contribution in [0.2, 0.25) is 0 Å². The molecule has 0 unspecified atom stereocenters. The first kappa shape index (κ1) is 15.3. The largest absolute Gasteiger partial charge is 0.356 e. The van der Waals surface area contributed by atoms with Crippen molar-refractivity contribution in [1.82, 2.24) is 14.8 Å². The summed E-state index contributed by atoms with van der Waals surface area (Å²) in [5.41, 5.74) is 1.17. The van der Waals surface area contributed by atoms with Crippen LogP contribution in [0, 0.1) is 5.92 Å². The molecule has 0 aliphatic carbocycles. The van der Waals surface area contributed by atoms with Crippen molar-refractivity contribution in [3.8, 4) is 0 Å². The minimum absolute atomic E-state index is 0.0170. The second kappa shape index (κ2) is 6.65. The van der Waals surface area contributed by atoms with Gasteiger partial charge in [0.15, 0.2) is 5.78 Å². The molecule has 0 radical (unpaired) electrons. The minimum atomic E-state index is 0.0170. The Kier molecular flexibility index (Phi) is 4.62. The Hall–Kier alpha value is -1.62. The SMILES string of the molecule is CC1CCN(CC(=O)c2c[nH]c(C(=O)N3CCCC3)c2)CC1. The predicted molar refractivity (Wildman–Crippen MR) is 85.1 cm³/mol. The molecule has 5 heteroatoms. The molecular weight excluding hydrogens is 278 g/mol. The minimum Gasteiger partial charge on any atom is -0.356 e. The summed E-state index contributed by atoms with van der Waals surface area (Å²) in [5.74, 6) is 0.887. The molecule has 3 heterocycles. The van der Waals surface area contributed by atoms with Gasteiger partial charge < -0.3 is 9.88 Å². The monoisotopic (exact) mass is 303 g/mol. The molecule has 0 spiro atoms. The zero-order chi connectivity index (χ0) is 15.5. The smallest absolute Gasteiger partial charge is 0.270 e. The fourth-order valence-corrected chi connectivity index (χ4v) is 3.28. The number of hydrogen-bond donors (Lipinski definition) is 1. The molecule has 0 aromatic carbocycles. The summed E-state index contributed by atoms with van der Waals surface area (Å²) in [6.07, 6.45) is 6.16. The van der Waals surface area contributed by atoms with Gasteiger partial charge in [-0.3, -0.25) is 14.5 Å². The zero-order valence-corrected chi connectivity index (χ0v) is 13.3. The molecule has 2 aliphatic rings. The highest BCUT2D eigenvalue weighted by Gasteiger charge is 2.23. The Morgan fingerprint density at radius 2 is 1.86 bits per heavy atom. The van der Waals surface area contributed by atoms with E-state index in [1.165, 1.54) is 12.8 Å². The number of carbonyl (C=O) groups is 2. The van der Waals surface area contributed by atoms with Crippen LogP contribution in [0.15, 0.2) is 12.3 Å². The average molecular weight is 303 g/mol. The number of piperidine rings is 1. The molecule has 1 aromatic rings. The lowest BCUT2D eigenvalue weighted by Gasteiger charge is -2.29. The number of rotatable bonds is 4. The van der Waals surface area contributed by atoms with E-state index in [0.717, 1.165) is 44.9 Å². The maximum Gasteiger partial charge on any atom is 0.270 e. The van der Waals surface area contributed by atoms with E-state index in [4.69, 9.17) is 0 Å². The highest BCUT2D eigenvalue weighted by Crippen LogP contribution is 2.17. The number of Topliss-reactive ketones (excluding diaryl/α,β-unsaturated/α-hetero) is 1. The second-order valence-corrected chi connectivity index (χ2v) is 6.68. The van der Waals surface area contributed by atoms with E-state index in [0.29, 0.717) is 17.8 Å². The van der Waals surface area contributed by atoms with Crippen molar-refractivity contribution < 1.29 is 9.59 Å². The van der Waals surface area contributed by atoms with Gasteiger partial charge in [-0.15, -0.1) is 0 Å². The number of amides is 1. The van der Waals surface area contributed by atoms with E-state index in [2.05, 4.69) is 16.8 Å². The topological polar surface area (TPSA) is 56.4 Å². The number of H-pyrrole nitrogens is 1. The van der Waals surface area contributed by atoms with Gasteiger partial charge >= 0.3 is 0 Å². The Balaban J connectivity index is 1.58. The molecule has 3 rings (SSSR count). The van der Waals surface area contributed by atoms with E-state index < -0.39 is 0 Å². The van der Waals surface area contributed by atoms with Crippen LogP contribution in [0.4, 0.5) is 0 Å². The number of aromatic nitrogens is 1. The molecule has 2 aliphatic heterocycles. The molecule has 120 valence electrons. The van der Waals surface area contributed by atoms with Crippen molar-refractivity contribution >= 4 is 11.7 Å². The van der Waals surface area contributed by atoms with E-state index in [1.807, 2.05) is 4.90 Å². The third-order valence-electron chi connectivity index (χ3n) is 4.87. The van der Waals surface area contributed by atoms with Crippen LogP contribution in [0.25, 0.3) is 0 Å². The van der Waals surface area contributed by atoms with Gasteiger partial charge in [-0.2, -0.15) is 0 Å². The Morgan fingerprint density at radius 1 is 1.18 bits per heavy atom. The molecule has 22 heavy (non-hydrogen) atoms. The van der Waals surface area contributed by atoms with Crippen LogP contribution >= 0.6 is 0 Å². The predicted octanol–water partition coefficient (Wildman–Crippen LogP) is 2.17. The van der Waals surface area contributed by atoms with Crippen molar-refractivity contribution in [3.63, 3.8) is 0 Å². The van der Waals surface area contributed by atoms with E-state index >= 15 is 0 Å². The highest BCUT2D eigenvalue weighted by atomic mass is 16.2. The van der Waals surface area contributed by atoms with Gasteiger partial charge in [0, 0.05) is 24.8 Å². The Bertz CT molecular complexity index is 538. The van der Waals surface area contributed by atoms with Crippen LogP contribution in [0.5, 0.6) is 0 Å². The number of likely N-dealkylation sites (tertiary alicyclic amines) is 2. The maximum atomic E-state index is 12.4. The second-order valence-electron chi connectivity index (χ2n) is 6.68. The Morgan fingerprint density at radius 3 is 2.55 bits per heavy atom. The molecule has 1 N–H and O–H groups in total. The summed E-state index contributed by atoms with van der Waals surface area (Å²) in [7, 11) is 0. The lowest BCUT2D eigenvalue weighted by Crippen LogP contribution is -2.36. The standard InChI is InChI=1S/C17H25N3O2/c1-13-4-8-19(9-5-13)12-16(21)14-10-15(18-11-14)17(22)20-6-2-3-7-20/h10-11,13,18H,2-9,12H2,1H3. The quantitative estimate of drug-likeness (QED) is 0.867. The molecule has 0 bridgehead atoms. The molecule has 1 aromatic heterocycles. The fraction of sp³-hybridized carbons (Fsp3) is 0.647. The van der Waals surface area contributed by atoms with Gasteiger partial charge in [0.1, 0.15) is 5.69 Å². The average Bonchev–Trinajstić information content (AvgIpc) is 3.20. The van der Waals surface area contributed by atoms with Gasteiger partial charge in [-0.25, -0.2) is 0 Å². The van der Waals surface area contributed by atoms with Gasteiger partial charge in [-0.05, 0) is 50.8 Å². The van der Waals surface area contributed by atoms with Gasteiger partial charge in [-0.1, -0.05) is 6.92 Å². The van der Waals surface area contributed by atoms with Crippen molar-refractivity contribution in [2.24, 2.45) is 5.92 Å². The number of aromatic amines is 1. The van der Waals surface area contributed by atoms with Crippen molar-refractivity contribution in [2.75, 3.05) is 32.7 Å². The fourth-order valence-electron chi connectivity index (χ4n) is 3.28. The van der Waals surface area contributed by atoms with Crippen molar-refractivity contribution in [1.29, 1.82) is 0 Å². The summed E-state index contributed by atoms with van der Waals surface area (Å²) in [5, 5.41) is 0. The first-order chi connectivity index (χ1) is 10.6. The molecule has 1 amide bonds. The van der Waals surface area contributed by atoms with Crippen LogP contribution in [0.1, 0.15) is 53.5 Å². The third-order valence-corrected chi connectivity index (χ3v) is 4.87. The number of hydrogen-bond acceptors (Lipinski definition) is 3. The van der Waals surface area contributed by atoms with Crippen molar-refractivity contribution in [3.05, 3.63) is 23.5 Å². The lowest BCUT2D eigenvalue weighted by molar-refractivity contribution is 0.0787. The van der Waals surface area contributed by atoms with Crippen LogP contribution in [0.3, 0.4) is 0 Å².